The number of esters is 1. The van der Waals surface area contributed by atoms with Gasteiger partial charge in [-0.15, -0.1) is 0 Å². The molecule has 128 valence electrons. The van der Waals surface area contributed by atoms with Gasteiger partial charge in [0.15, 0.2) is 0 Å². The first-order valence-corrected chi connectivity index (χ1v) is 8.19. The molecule has 0 unspecified atom stereocenters. The second-order valence-electron chi connectivity index (χ2n) is 5.97. The van der Waals surface area contributed by atoms with Gasteiger partial charge in [0.25, 0.3) is 5.56 Å². The van der Waals surface area contributed by atoms with Crippen molar-refractivity contribution in [3.63, 3.8) is 0 Å². The summed E-state index contributed by atoms with van der Waals surface area (Å²) in [6, 6.07) is 4.21. The van der Waals surface area contributed by atoms with E-state index in [1.807, 2.05) is 0 Å². The van der Waals surface area contributed by atoms with E-state index < -0.39 is 11.8 Å². The van der Waals surface area contributed by atoms with E-state index in [9.17, 15) is 14.0 Å². The number of ether oxygens (including phenoxy) is 1. The number of carbonyl (C=O) groups excluding carboxylic acids is 1. The number of aromatic nitrogens is 1. The highest BCUT2D eigenvalue weighted by molar-refractivity contribution is 6.32. The first kappa shape index (κ1) is 17.3. The van der Waals surface area contributed by atoms with E-state index in [-0.39, 0.29) is 17.9 Å². The summed E-state index contributed by atoms with van der Waals surface area (Å²) in [5.41, 5.74) is 1.83. The summed E-state index contributed by atoms with van der Waals surface area (Å²) in [6.07, 6.45) is 1.38. The molecule has 1 aromatic heterocycles. The molecular weight excluding hydrogens is 322 g/mol. The van der Waals surface area contributed by atoms with Crippen LogP contribution in [0.15, 0.2) is 23.0 Å². The Hall–Kier alpha value is -2.57. The Bertz CT molecular complexity index is 908. The number of pyridine rings is 1. The fraction of sp³-hybridized carbons (Fsp3) is 0.333. The molecule has 0 saturated carbocycles. The second-order valence-corrected chi connectivity index (χ2v) is 5.97. The standard InChI is InChI=1S/C18H18BFN2O3/c1-3-25-18(24)15-14-5-4-8-22(14)17(23)10(2)16(15)21-13-7-6-11(19)9-12(13)20/h6-7,9,21H,3-5,8H2,1-2H3. The van der Waals surface area contributed by atoms with E-state index >= 15 is 0 Å². The van der Waals surface area contributed by atoms with E-state index in [1.165, 1.54) is 12.1 Å². The third-order valence-electron chi connectivity index (χ3n) is 4.33. The van der Waals surface area contributed by atoms with Crippen LogP contribution >= 0.6 is 0 Å². The molecule has 7 heteroatoms. The summed E-state index contributed by atoms with van der Waals surface area (Å²) in [6.45, 7) is 4.12. The molecule has 0 fully saturated rings. The molecule has 1 aliphatic rings. The van der Waals surface area contributed by atoms with Gasteiger partial charge in [-0.2, -0.15) is 0 Å². The molecule has 1 aliphatic heterocycles. The largest absolute Gasteiger partial charge is 0.462 e. The summed E-state index contributed by atoms with van der Waals surface area (Å²) >= 11 is 0. The molecule has 0 spiro atoms. The van der Waals surface area contributed by atoms with Gasteiger partial charge in [0.05, 0.1) is 18.0 Å². The molecule has 1 N–H and O–H groups in total. The quantitative estimate of drug-likeness (QED) is 0.683. The molecular formula is C18H18BFN2O3. The average Bonchev–Trinajstić information content (AvgIpc) is 3.04. The van der Waals surface area contributed by atoms with Gasteiger partial charge in [0.2, 0.25) is 0 Å². The van der Waals surface area contributed by atoms with Crippen LogP contribution in [0.1, 0.15) is 35.0 Å². The van der Waals surface area contributed by atoms with Gasteiger partial charge in [0.1, 0.15) is 19.2 Å². The zero-order chi connectivity index (χ0) is 18.1. The number of hydrogen-bond donors (Lipinski definition) is 1. The zero-order valence-electron chi connectivity index (χ0n) is 14.2. The van der Waals surface area contributed by atoms with Crippen LogP contribution in [0.5, 0.6) is 0 Å². The van der Waals surface area contributed by atoms with Crippen molar-refractivity contribution in [3.8, 4) is 0 Å². The SMILES string of the molecule is [B]c1ccc(Nc2c(C(=O)OCC)c3n(c(=O)c2C)CCC3)c(F)c1. The summed E-state index contributed by atoms with van der Waals surface area (Å²) in [4.78, 5) is 25.1. The number of benzene rings is 1. The molecule has 1 aromatic carbocycles. The lowest BCUT2D eigenvalue weighted by molar-refractivity contribution is 0.0525. The Kier molecular flexibility index (Phi) is 4.66. The fourth-order valence-corrected chi connectivity index (χ4v) is 3.15. The van der Waals surface area contributed by atoms with Crippen LogP contribution in [0.25, 0.3) is 0 Å². The van der Waals surface area contributed by atoms with Crippen LogP contribution in [-0.4, -0.2) is 25.0 Å². The van der Waals surface area contributed by atoms with E-state index in [0.29, 0.717) is 40.9 Å². The Morgan fingerprint density at radius 2 is 2.20 bits per heavy atom. The lowest BCUT2D eigenvalue weighted by atomic mass is 9.96. The molecule has 0 amide bonds. The molecule has 2 heterocycles. The van der Waals surface area contributed by atoms with Crippen molar-refractivity contribution in [2.45, 2.75) is 33.2 Å². The number of carbonyl (C=O) groups is 1. The minimum absolute atomic E-state index is 0.144. The summed E-state index contributed by atoms with van der Waals surface area (Å²) in [5, 5.41) is 2.90. The predicted octanol–water partition coefficient (Wildman–Crippen LogP) is 1.96. The van der Waals surface area contributed by atoms with Crippen LogP contribution in [0.2, 0.25) is 0 Å². The zero-order valence-corrected chi connectivity index (χ0v) is 14.2. The topological polar surface area (TPSA) is 60.3 Å². The second kappa shape index (κ2) is 6.74. The van der Waals surface area contributed by atoms with E-state index in [1.54, 1.807) is 24.5 Å². The Morgan fingerprint density at radius 1 is 1.44 bits per heavy atom. The van der Waals surface area contributed by atoms with Gasteiger partial charge < -0.3 is 14.6 Å². The van der Waals surface area contributed by atoms with E-state index in [4.69, 9.17) is 12.6 Å². The lowest BCUT2D eigenvalue weighted by Gasteiger charge is -2.18. The molecule has 2 radical (unpaired) electrons. The van der Waals surface area contributed by atoms with Crippen LogP contribution in [0.4, 0.5) is 15.8 Å². The number of anilines is 2. The van der Waals surface area contributed by atoms with Gasteiger partial charge >= 0.3 is 5.97 Å². The Labute approximate surface area is 146 Å². The Morgan fingerprint density at radius 3 is 2.88 bits per heavy atom. The van der Waals surface area contributed by atoms with Crippen LogP contribution in [-0.2, 0) is 17.7 Å². The first-order chi connectivity index (χ1) is 11.9. The maximum atomic E-state index is 14.2. The van der Waals surface area contributed by atoms with Crippen LogP contribution in [0.3, 0.4) is 0 Å². The number of halogens is 1. The molecule has 3 rings (SSSR count). The molecule has 0 bridgehead atoms. The third-order valence-corrected chi connectivity index (χ3v) is 4.33. The minimum atomic E-state index is -0.560. The number of rotatable bonds is 4. The van der Waals surface area contributed by atoms with Crippen molar-refractivity contribution in [1.82, 2.24) is 4.57 Å². The number of nitrogens with zero attached hydrogens (tertiary/aromatic N) is 1. The highest BCUT2D eigenvalue weighted by Crippen LogP contribution is 2.30. The highest BCUT2D eigenvalue weighted by atomic mass is 19.1. The highest BCUT2D eigenvalue weighted by Gasteiger charge is 2.28. The molecule has 2 aromatic rings. The third kappa shape index (κ3) is 3.06. The van der Waals surface area contributed by atoms with Gasteiger partial charge in [-0.25, -0.2) is 9.18 Å². The van der Waals surface area contributed by atoms with Gasteiger partial charge in [-0.05, 0) is 38.8 Å². The van der Waals surface area contributed by atoms with Gasteiger partial charge in [0, 0.05) is 17.8 Å². The fourth-order valence-electron chi connectivity index (χ4n) is 3.15. The predicted molar refractivity (Wildman–Crippen MR) is 94.8 cm³/mol. The first-order valence-electron chi connectivity index (χ1n) is 8.19. The Balaban J connectivity index is 2.19. The normalized spacial score (nSPS) is 12.8. The van der Waals surface area contributed by atoms with E-state index in [0.717, 1.165) is 6.42 Å². The van der Waals surface area contributed by atoms with Gasteiger partial charge in [-0.1, -0.05) is 11.5 Å². The summed E-state index contributed by atoms with van der Waals surface area (Å²) in [5.74, 6) is -1.08. The molecule has 0 saturated heterocycles. The monoisotopic (exact) mass is 340 g/mol. The maximum absolute atomic E-state index is 14.2. The minimum Gasteiger partial charge on any atom is -0.462 e. The van der Waals surface area contributed by atoms with Crippen molar-refractivity contribution >= 4 is 30.7 Å². The van der Waals surface area contributed by atoms with Crippen molar-refractivity contribution < 1.29 is 13.9 Å². The van der Waals surface area contributed by atoms with Crippen molar-refractivity contribution in [3.05, 3.63) is 51.2 Å². The number of fused-ring (bicyclic) bond motifs is 1. The molecule has 0 aliphatic carbocycles. The van der Waals surface area contributed by atoms with Crippen molar-refractivity contribution in [2.75, 3.05) is 11.9 Å². The lowest BCUT2D eigenvalue weighted by Crippen LogP contribution is -2.27. The smallest absolute Gasteiger partial charge is 0.342 e. The van der Waals surface area contributed by atoms with Crippen LogP contribution < -0.4 is 16.3 Å². The summed E-state index contributed by atoms with van der Waals surface area (Å²) < 4.78 is 21.0. The number of hydrogen-bond acceptors (Lipinski definition) is 4. The molecule has 0 atom stereocenters. The van der Waals surface area contributed by atoms with Crippen molar-refractivity contribution in [1.29, 1.82) is 0 Å². The molecule has 25 heavy (non-hydrogen) atoms. The molecule has 5 nitrogen and oxygen atoms in total. The maximum Gasteiger partial charge on any atom is 0.342 e. The average molecular weight is 340 g/mol. The van der Waals surface area contributed by atoms with Crippen molar-refractivity contribution in [2.24, 2.45) is 0 Å². The van der Waals surface area contributed by atoms with E-state index in [2.05, 4.69) is 5.32 Å². The number of nitrogens with one attached hydrogen (secondary N) is 1. The summed E-state index contributed by atoms with van der Waals surface area (Å²) in [7, 11) is 5.57. The van der Waals surface area contributed by atoms with Crippen LogP contribution in [0, 0.1) is 12.7 Å². The van der Waals surface area contributed by atoms with Gasteiger partial charge in [-0.3, -0.25) is 4.79 Å².